The maximum absolute atomic E-state index is 8.79. The minimum absolute atomic E-state index is 0.328. The molecule has 0 aromatic heterocycles. The van der Waals surface area contributed by atoms with Gasteiger partial charge in [-0.25, -0.2) is 0 Å². The van der Waals surface area contributed by atoms with E-state index in [1.54, 1.807) is 0 Å². The maximum Gasteiger partial charge on any atom is 0.0497 e. The highest BCUT2D eigenvalue weighted by Gasteiger charge is 2.23. The number of aliphatic hydroxyl groups excluding tert-OH is 1. The standard InChI is InChI=1S/C9H18O2/c1-2-8(3-5-10)9-4-6-11-7-9/h8-10H,2-7H2,1H3. The quantitative estimate of drug-likeness (QED) is 0.670. The summed E-state index contributed by atoms with van der Waals surface area (Å²) in [4.78, 5) is 0. The van der Waals surface area contributed by atoms with Crippen LogP contribution in [0.1, 0.15) is 26.2 Å². The molecular formula is C9H18O2. The molecule has 2 unspecified atom stereocenters. The smallest absolute Gasteiger partial charge is 0.0497 e. The van der Waals surface area contributed by atoms with Gasteiger partial charge in [-0.15, -0.1) is 0 Å². The van der Waals surface area contributed by atoms with Gasteiger partial charge in [0.2, 0.25) is 0 Å². The molecule has 1 fully saturated rings. The molecule has 0 amide bonds. The van der Waals surface area contributed by atoms with Crippen LogP contribution in [0.3, 0.4) is 0 Å². The first kappa shape index (κ1) is 9.01. The Balaban J connectivity index is 2.27. The molecule has 0 spiro atoms. The summed E-state index contributed by atoms with van der Waals surface area (Å²) in [5, 5.41) is 8.79. The second kappa shape index (κ2) is 4.73. The normalized spacial score (nSPS) is 27.3. The van der Waals surface area contributed by atoms with E-state index < -0.39 is 0 Å². The highest BCUT2D eigenvalue weighted by Crippen LogP contribution is 2.26. The van der Waals surface area contributed by atoms with Gasteiger partial charge >= 0.3 is 0 Å². The number of rotatable bonds is 4. The van der Waals surface area contributed by atoms with Gasteiger partial charge in [0.25, 0.3) is 0 Å². The maximum atomic E-state index is 8.79. The Bertz CT molecular complexity index is 97.7. The summed E-state index contributed by atoms with van der Waals surface area (Å²) in [5.41, 5.74) is 0. The Morgan fingerprint density at radius 3 is 2.91 bits per heavy atom. The van der Waals surface area contributed by atoms with Crippen LogP contribution in [0, 0.1) is 11.8 Å². The van der Waals surface area contributed by atoms with E-state index in [0.29, 0.717) is 18.4 Å². The third-order valence-corrected chi connectivity index (χ3v) is 2.66. The topological polar surface area (TPSA) is 29.5 Å². The lowest BCUT2D eigenvalue weighted by Crippen LogP contribution is -2.15. The van der Waals surface area contributed by atoms with Crippen molar-refractivity contribution in [2.24, 2.45) is 11.8 Å². The molecule has 1 N–H and O–H groups in total. The second-order valence-electron chi connectivity index (χ2n) is 3.30. The lowest BCUT2D eigenvalue weighted by Gasteiger charge is -2.19. The zero-order chi connectivity index (χ0) is 8.10. The Labute approximate surface area is 68.6 Å². The Morgan fingerprint density at radius 1 is 1.64 bits per heavy atom. The van der Waals surface area contributed by atoms with Crippen LogP contribution in [0.5, 0.6) is 0 Å². The number of aliphatic hydroxyl groups is 1. The summed E-state index contributed by atoms with van der Waals surface area (Å²) in [5.74, 6) is 1.40. The van der Waals surface area contributed by atoms with Gasteiger partial charge in [-0.3, -0.25) is 0 Å². The molecule has 1 aliphatic rings. The molecule has 0 saturated carbocycles. The van der Waals surface area contributed by atoms with Crippen LogP contribution in [0.25, 0.3) is 0 Å². The van der Waals surface area contributed by atoms with Crippen molar-refractivity contribution in [2.45, 2.75) is 26.2 Å². The van der Waals surface area contributed by atoms with Crippen molar-refractivity contribution in [3.05, 3.63) is 0 Å². The molecule has 0 aromatic rings. The van der Waals surface area contributed by atoms with Crippen molar-refractivity contribution in [2.75, 3.05) is 19.8 Å². The molecule has 1 rings (SSSR count). The van der Waals surface area contributed by atoms with E-state index in [-0.39, 0.29) is 0 Å². The number of hydrogen-bond donors (Lipinski definition) is 1. The SMILES string of the molecule is CCC(CCO)C1CCOC1. The van der Waals surface area contributed by atoms with Gasteiger partial charge in [0.05, 0.1) is 0 Å². The van der Waals surface area contributed by atoms with E-state index in [2.05, 4.69) is 6.92 Å². The summed E-state index contributed by atoms with van der Waals surface area (Å²) in [6, 6.07) is 0. The second-order valence-corrected chi connectivity index (χ2v) is 3.30. The fourth-order valence-corrected chi connectivity index (χ4v) is 1.86. The number of hydrogen-bond acceptors (Lipinski definition) is 2. The minimum atomic E-state index is 0.328. The highest BCUT2D eigenvalue weighted by atomic mass is 16.5. The summed E-state index contributed by atoms with van der Waals surface area (Å²) >= 11 is 0. The van der Waals surface area contributed by atoms with Gasteiger partial charge < -0.3 is 9.84 Å². The van der Waals surface area contributed by atoms with Gasteiger partial charge in [-0.2, -0.15) is 0 Å². The molecule has 2 heteroatoms. The van der Waals surface area contributed by atoms with Crippen LogP contribution in [-0.4, -0.2) is 24.9 Å². The molecular weight excluding hydrogens is 140 g/mol. The van der Waals surface area contributed by atoms with Crippen molar-refractivity contribution in [1.82, 2.24) is 0 Å². The van der Waals surface area contributed by atoms with E-state index >= 15 is 0 Å². The Hall–Kier alpha value is -0.0800. The van der Waals surface area contributed by atoms with Crippen molar-refractivity contribution in [1.29, 1.82) is 0 Å². The molecule has 1 heterocycles. The van der Waals surface area contributed by atoms with Crippen molar-refractivity contribution >= 4 is 0 Å². The zero-order valence-electron chi connectivity index (χ0n) is 7.25. The largest absolute Gasteiger partial charge is 0.396 e. The van der Waals surface area contributed by atoms with Crippen LogP contribution in [0.4, 0.5) is 0 Å². The molecule has 0 aliphatic carbocycles. The predicted molar refractivity (Wildman–Crippen MR) is 44.4 cm³/mol. The van der Waals surface area contributed by atoms with E-state index in [0.717, 1.165) is 19.6 Å². The number of ether oxygens (including phenoxy) is 1. The van der Waals surface area contributed by atoms with Crippen molar-refractivity contribution in [3.63, 3.8) is 0 Å². The van der Waals surface area contributed by atoms with Gasteiger partial charge in [-0.1, -0.05) is 13.3 Å². The predicted octanol–water partition coefficient (Wildman–Crippen LogP) is 1.43. The molecule has 11 heavy (non-hydrogen) atoms. The Morgan fingerprint density at radius 2 is 2.45 bits per heavy atom. The first-order valence-electron chi connectivity index (χ1n) is 4.57. The van der Waals surface area contributed by atoms with Crippen molar-refractivity contribution in [3.8, 4) is 0 Å². The first-order valence-corrected chi connectivity index (χ1v) is 4.57. The van der Waals surface area contributed by atoms with E-state index in [9.17, 15) is 0 Å². The van der Waals surface area contributed by atoms with Crippen molar-refractivity contribution < 1.29 is 9.84 Å². The van der Waals surface area contributed by atoms with E-state index in [1.807, 2.05) is 0 Å². The molecule has 66 valence electrons. The molecule has 2 nitrogen and oxygen atoms in total. The van der Waals surface area contributed by atoms with Crippen LogP contribution >= 0.6 is 0 Å². The summed E-state index contributed by atoms with van der Waals surface area (Å²) < 4.78 is 5.30. The third-order valence-electron chi connectivity index (χ3n) is 2.66. The minimum Gasteiger partial charge on any atom is -0.396 e. The van der Waals surface area contributed by atoms with E-state index in [1.165, 1.54) is 12.8 Å². The first-order chi connectivity index (χ1) is 5.38. The van der Waals surface area contributed by atoms with Crippen LogP contribution < -0.4 is 0 Å². The van der Waals surface area contributed by atoms with Gasteiger partial charge in [-0.05, 0) is 24.7 Å². The Kier molecular flexibility index (Phi) is 3.87. The molecule has 0 radical (unpaired) electrons. The van der Waals surface area contributed by atoms with Gasteiger partial charge in [0, 0.05) is 19.8 Å². The molecule has 1 aliphatic heterocycles. The summed E-state index contributed by atoms with van der Waals surface area (Å²) in [7, 11) is 0. The fraction of sp³-hybridized carbons (Fsp3) is 1.00. The molecule has 0 bridgehead atoms. The average Bonchev–Trinajstić information content (AvgIpc) is 2.52. The summed E-state index contributed by atoms with van der Waals surface area (Å²) in [6.07, 6.45) is 3.32. The molecule has 0 aromatic carbocycles. The fourth-order valence-electron chi connectivity index (χ4n) is 1.86. The average molecular weight is 158 g/mol. The third kappa shape index (κ3) is 2.46. The van der Waals surface area contributed by atoms with Gasteiger partial charge in [0.1, 0.15) is 0 Å². The van der Waals surface area contributed by atoms with Crippen LogP contribution in [0.15, 0.2) is 0 Å². The summed E-state index contributed by atoms with van der Waals surface area (Å²) in [6.45, 7) is 4.36. The highest BCUT2D eigenvalue weighted by molar-refractivity contribution is 4.72. The lowest BCUT2D eigenvalue weighted by molar-refractivity contribution is 0.158. The van der Waals surface area contributed by atoms with E-state index in [4.69, 9.17) is 9.84 Å². The molecule has 1 saturated heterocycles. The lowest BCUT2D eigenvalue weighted by atomic mass is 9.87. The van der Waals surface area contributed by atoms with Crippen LogP contribution in [-0.2, 0) is 4.74 Å². The van der Waals surface area contributed by atoms with Gasteiger partial charge in [0.15, 0.2) is 0 Å². The molecule has 2 atom stereocenters. The van der Waals surface area contributed by atoms with Crippen LogP contribution in [0.2, 0.25) is 0 Å². The monoisotopic (exact) mass is 158 g/mol. The zero-order valence-corrected chi connectivity index (χ0v) is 7.25.